The Morgan fingerprint density at radius 3 is 2.50 bits per heavy atom. The summed E-state index contributed by atoms with van der Waals surface area (Å²) in [4.78, 5) is 34.5. The summed E-state index contributed by atoms with van der Waals surface area (Å²) in [5, 5.41) is 12.6. The number of benzene rings is 3. The number of carboxylic acids is 1. The van der Waals surface area contributed by atoms with E-state index >= 15 is 0 Å². The predicted molar refractivity (Wildman–Crippen MR) is 161 cm³/mol. The number of carbonyl (C=O) groups is 2. The van der Waals surface area contributed by atoms with Crippen molar-refractivity contribution in [2.24, 2.45) is 0 Å². The molecule has 0 bridgehead atoms. The fraction of sp³-hybridized carbons (Fsp3) is 0.188. The Kier molecular flexibility index (Phi) is 7.79. The molecule has 0 aliphatic heterocycles. The largest absolute Gasteiger partial charge is 0.493 e. The molecule has 0 saturated carbocycles. The second-order valence-corrected chi connectivity index (χ2v) is 10.4. The van der Waals surface area contributed by atoms with Gasteiger partial charge < -0.3 is 29.2 Å². The number of nitrogens with one attached hydrogen (secondary N) is 1. The van der Waals surface area contributed by atoms with Crippen LogP contribution < -0.4 is 19.7 Å². The van der Waals surface area contributed by atoms with Gasteiger partial charge in [-0.3, -0.25) is 4.79 Å². The molecule has 10 nitrogen and oxygen atoms in total. The van der Waals surface area contributed by atoms with Crippen LogP contribution in [-0.2, 0) is 10.2 Å². The van der Waals surface area contributed by atoms with Gasteiger partial charge in [0.1, 0.15) is 0 Å². The third kappa shape index (κ3) is 5.73. The Hall–Kier alpha value is -5.38. The van der Waals surface area contributed by atoms with Gasteiger partial charge in [-0.15, -0.1) is 0 Å². The highest BCUT2D eigenvalue weighted by molar-refractivity contribution is 5.87. The van der Waals surface area contributed by atoms with Crippen LogP contribution in [0.5, 0.6) is 11.5 Å². The van der Waals surface area contributed by atoms with Gasteiger partial charge in [-0.1, -0.05) is 38.1 Å². The SMILES string of the molecule is COc1ccc(Nc2nc(-c3cccc(N(C=O)CC(C)(C)c4ccc(C(=O)O)cc4)c3)cn3ccnc23)cc1OC. The van der Waals surface area contributed by atoms with Crippen LogP contribution in [0, 0.1) is 0 Å². The number of imidazole rings is 1. The molecule has 1 amide bonds. The summed E-state index contributed by atoms with van der Waals surface area (Å²) < 4.78 is 12.7. The van der Waals surface area contributed by atoms with Gasteiger partial charge in [0.05, 0.1) is 25.5 Å². The monoisotopic (exact) mass is 565 g/mol. The van der Waals surface area contributed by atoms with Crippen LogP contribution in [0.2, 0.25) is 0 Å². The second-order valence-electron chi connectivity index (χ2n) is 10.4. The molecule has 5 rings (SSSR count). The van der Waals surface area contributed by atoms with Crippen molar-refractivity contribution in [2.45, 2.75) is 19.3 Å². The highest BCUT2D eigenvalue weighted by Gasteiger charge is 2.25. The molecule has 214 valence electrons. The van der Waals surface area contributed by atoms with E-state index in [1.165, 1.54) is 0 Å². The molecule has 0 atom stereocenters. The standard InChI is InChI=1S/C32H31N5O5/c1-32(2,23-10-8-21(9-11-23)31(39)40)19-37(20-38)25-7-5-6-22(16-25)26-18-36-15-14-33-30(36)29(35-26)34-24-12-13-27(41-3)28(17-24)42-4/h5-18,20H,19H2,1-4H3,(H,34,35)(H,39,40). The van der Waals surface area contributed by atoms with Crippen LogP contribution in [0.25, 0.3) is 16.9 Å². The molecule has 3 aromatic carbocycles. The maximum absolute atomic E-state index is 12.3. The normalized spacial score (nSPS) is 11.2. The first-order valence-electron chi connectivity index (χ1n) is 13.2. The molecule has 5 aromatic rings. The first-order chi connectivity index (χ1) is 20.2. The summed E-state index contributed by atoms with van der Waals surface area (Å²) in [5.74, 6) is 0.775. The minimum atomic E-state index is -0.977. The molecule has 2 heterocycles. The number of methoxy groups -OCH3 is 2. The molecular weight excluding hydrogens is 534 g/mol. The van der Waals surface area contributed by atoms with E-state index in [2.05, 4.69) is 10.3 Å². The summed E-state index contributed by atoms with van der Waals surface area (Å²) in [6.45, 7) is 4.42. The Morgan fingerprint density at radius 2 is 1.81 bits per heavy atom. The molecule has 2 N–H and O–H groups in total. The third-order valence-electron chi connectivity index (χ3n) is 7.10. The zero-order chi connectivity index (χ0) is 29.9. The van der Waals surface area contributed by atoms with Crippen LogP contribution in [-0.4, -0.2) is 52.6 Å². The lowest BCUT2D eigenvalue weighted by Crippen LogP contribution is -2.36. The van der Waals surface area contributed by atoms with Gasteiger partial charge in [0, 0.05) is 53.6 Å². The average Bonchev–Trinajstić information content (AvgIpc) is 3.49. The lowest BCUT2D eigenvalue weighted by atomic mass is 9.83. The number of fused-ring (bicyclic) bond motifs is 1. The van der Waals surface area contributed by atoms with E-state index in [-0.39, 0.29) is 5.56 Å². The van der Waals surface area contributed by atoms with Crippen molar-refractivity contribution in [1.29, 1.82) is 0 Å². The van der Waals surface area contributed by atoms with Gasteiger partial charge in [0.15, 0.2) is 23.0 Å². The number of aromatic carboxylic acids is 1. The fourth-order valence-corrected chi connectivity index (χ4v) is 4.82. The first-order valence-corrected chi connectivity index (χ1v) is 13.2. The highest BCUT2D eigenvalue weighted by Crippen LogP contribution is 2.33. The van der Waals surface area contributed by atoms with Crippen molar-refractivity contribution >= 4 is 35.2 Å². The third-order valence-corrected chi connectivity index (χ3v) is 7.10. The molecule has 0 fully saturated rings. The molecule has 0 unspecified atom stereocenters. The van der Waals surface area contributed by atoms with E-state index in [4.69, 9.17) is 14.5 Å². The number of ether oxygens (including phenoxy) is 2. The van der Waals surface area contributed by atoms with Crippen molar-refractivity contribution in [2.75, 3.05) is 31.0 Å². The smallest absolute Gasteiger partial charge is 0.335 e. The minimum Gasteiger partial charge on any atom is -0.493 e. The number of carboxylic acid groups (broad SMARTS) is 1. The topological polar surface area (TPSA) is 118 Å². The Balaban J connectivity index is 1.45. The molecular formula is C32H31N5O5. The number of rotatable bonds is 11. The van der Waals surface area contributed by atoms with Crippen LogP contribution in [0.3, 0.4) is 0 Å². The van der Waals surface area contributed by atoms with Crippen LogP contribution in [0.1, 0.15) is 29.8 Å². The van der Waals surface area contributed by atoms with Crippen molar-refractivity contribution < 1.29 is 24.2 Å². The molecule has 0 saturated heterocycles. The number of carbonyl (C=O) groups excluding carboxylic acids is 1. The highest BCUT2D eigenvalue weighted by atomic mass is 16.5. The van der Waals surface area contributed by atoms with Crippen LogP contribution in [0.15, 0.2) is 85.3 Å². The quantitative estimate of drug-likeness (QED) is 0.193. The Labute approximate surface area is 243 Å². The lowest BCUT2D eigenvalue weighted by Gasteiger charge is -2.31. The van der Waals surface area contributed by atoms with Gasteiger partial charge in [-0.2, -0.15) is 0 Å². The fourth-order valence-electron chi connectivity index (χ4n) is 4.82. The van der Waals surface area contributed by atoms with Gasteiger partial charge in [0.25, 0.3) is 0 Å². The van der Waals surface area contributed by atoms with Gasteiger partial charge in [-0.05, 0) is 42.0 Å². The van der Waals surface area contributed by atoms with Crippen LogP contribution in [0.4, 0.5) is 17.2 Å². The Bertz CT molecular complexity index is 1750. The zero-order valence-corrected chi connectivity index (χ0v) is 23.7. The first kappa shape index (κ1) is 28.2. The van der Waals surface area contributed by atoms with Crippen molar-refractivity contribution in [1.82, 2.24) is 14.4 Å². The van der Waals surface area contributed by atoms with Gasteiger partial charge in [-0.25, -0.2) is 14.8 Å². The second kappa shape index (κ2) is 11.6. The number of nitrogens with zero attached hydrogens (tertiary/aromatic N) is 4. The number of hydrogen-bond acceptors (Lipinski definition) is 7. The summed E-state index contributed by atoms with van der Waals surface area (Å²) in [5.41, 5.74) is 4.30. The molecule has 2 aromatic heterocycles. The number of amides is 1. The lowest BCUT2D eigenvalue weighted by molar-refractivity contribution is -0.107. The van der Waals surface area contributed by atoms with Gasteiger partial charge in [0.2, 0.25) is 6.41 Å². The molecule has 0 radical (unpaired) electrons. The molecule has 0 aliphatic carbocycles. The van der Waals surface area contributed by atoms with E-state index in [0.29, 0.717) is 40.9 Å². The minimum absolute atomic E-state index is 0.219. The predicted octanol–water partition coefficient (Wildman–Crippen LogP) is 5.80. The van der Waals surface area contributed by atoms with E-state index in [1.807, 2.05) is 73.1 Å². The van der Waals surface area contributed by atoms with Crippen molar-refractivity contribution in [3.8, 4) is 22.8 Å². The number of aromatic nitrogens is 3. The van der Waals surface area contributed by atoms with E-state index in [0.717, 1.165) is 23.2 Å². The van der Waals surface area contributed by atoms with E-state index < -0.39 is 11.4 Å². The average molecular weight is 566 g/mol. The van der Waals surface area contributed by atoms with Crippen LogP contribution >= 0.6 is 0 Å². The number of anilines is 3. The summed E-state index contributed by atoms with van der Waals surface area (Å²) >= 11 is 0. The van der Waals surface area contributed by atoms with E-state index in [1.54, 1.807) is 49.6 Å². The van der Waals surface area contributed by atoms with E-state index in [9.17, 15) is 14.7 Å². The summed E-state index contributed by atoms with van der Waals surface area (Å²) in [7, 11) is 3.17. The Morgan fingerprint density at radius 1 is 1.05 bits per heavy atom. The summed E-state index contributed by atoms with van der Waals surface area (Å²) in [6, 6.07) is 19.9. The number of hydrogen-bond donors (Lipinski definition) is 2. The van der Waals surface area contributed by atoms with Crippen molar-refractivity contribution in [3.63, 3.8) is 0 Å². The van der Waals surface area contributed by atoms with Gasteiger partial charge >= 0.3 is 5.97 Å². The molecule has 0 spiro atoms. The summed E-state index contributed by atoms with van der Waals surface area (Å²) in [6.07, 6.45) is 6.25. The zero-order valence-electron chi connectivity index (χ0n) is 23.7. The van der Waals surface area contributed by atoms with Crippen molar-refractivity contribution in [3.05, 3.63) is 96.4 Å². The molecule has 10 heteroatoms. The maximum Gasteiger partial charge on any atom is 0.335 e. The molecule has 42 heavy (non-hydrogen) atoms. The molecule has 0 aliphatic rings. The maximum atomic E-state index is 12.3.